The number of tetrazole rings is 1. The van der Waals surface area contributed by atoms with Crippen molar-refractivity contribution in [1.82, 2.24) is 20.2 Å². The van der Waals surface area contributed by atoms with Crippen LogP contribution in [0.1, 0.15) is 16.7 Å². The summed E-state index contributed by atoms with van der Waals surface area (Å²) >= 11 is 0. The van der Waals surface area contributed by atoms with Gasteiger partial charge in [0.05, 0.1) is 5.56 Å². The molecule has 0 saturated carbocycles. The standard InChI is InChI=1S/C17H13F3N4O2/c18-17(19,20)13-7-5-11(6-8-13)9-12-3-1-2-4-14(12)16-21-23-24(22-16)10-15(25)26/h1-8H,9-10H2,(H,25,26). The number of nitrogens with zero attached hydrogens (tertiary/aromatic N) is 4. The molecule has 1 N–H and O–H groups in total. The average Bonchev–Trinajstić information content (AvgIpc) is 3.02. The van der Waals surface area contributed by atoms with Crippen molar-refractivity contribution in [3.8, 4) is 11.4 Å². The molecule has 0 unspecified atom stereocenters. The summed E-state index contributed by atoms with van der Waals surface area (Å²) in [6.45, 7) is -0.409. The van der Waals surface area contributed by atoms with E-state index in [4.69, 9.17) is 5.11 Å². The summed E-state index contributed by atoms with van der Waals surface area (Å²) in [6, 6.07) is 12.1. The Hall–Kier alpha value is -3.23. The lowest BCUT2D eigenvalue weighted by Crippen LogP contribution is -2.11. The van der Waals surface area contributed by atoms with Crippen molar-refractivity contribution in [2.45, 2.75) is 19.1 Å². The van der Waals surface area contributed by atoms with Crippen LogP contribution in [0.15, 0.2) is 48.5 Å². The van der Waals surface area contributed by atoms with Gasteiger partial charge in [0.25, 0.3) is 0 Å². The number of carboxylic acids is 1. The van der Waals surface area contributed by atoms with Gasteiger partial charge in [0.1, 0.15) is 0 Å². The molecule has 0 aliphatic heterocycles. The number of aliphatic carboxylic acids is 1. The molecule has 134 valence electrons. The zero-order chi connectivity index (χ0) is 18.7. The Morgan fingerprint density at radius 1 is 1.08 bits per heavy atom. The molecular weight excluding hydrogens is 349 g/mol. The van der Waals surface area contributed by atoms with Crippen LogP contribution in [0, 0.1) is 0 Å². The molecule has 9 heteroatoms. The number of aromatic nitrogens is 4. The predicted molar refractivity (Wildman–Crippen MR) is 85.1 cm³/mol. The van der Waals surface area contributed by atoms with Crippen molar-refractivity contribution in [3.05, 3.63) is 65.2 Å². The molecule has 0 aliphatic rings. The van der Waals surface area contributed by atoms with Gasteiger partial charge < -0.3 is 5.11 Å². The Morgan fingerprint density at radius 3 is 2.42 bits per heavy atom. The van der Waals surface area contributed by atoms with Crippen LogP contribution in [0.2, 0.25) is 0 Å². The van der Waals surface area contributed by atoms with Crippen molar-refractivity contribution in [2.75, 3.05) is 0 Å². The number of hydrogen-bond donors (Lipinski definition) is 1. The van der Waals surface area contributed by atoms with Crippen LogP contribution >= 0.6 is 0 Å². The van der Waals surface area contributed by atoms with Gasteiger partial charge in [-0.15, -0.1) is 10.2 Å². The fourth-order valence-corrected chi connectivity index (χ4v) is 2.46. The van der Waals surface area contributed by atoms with Gasteiger partial charge in [-0.1, -0.05) is 36.4 Å². The lowest BCUT2D eigenvalue weighted by molar-refractivity contribution is -0.138. The molecule has 2 aromatic carbocycles. The molecule has 3 rings (SSSR count). The Balaban J connectivity index is 1.85. The third-order valence-electron chi connectivity index (χ3n) is 3.66. The van der Waals surface area contributed by atoms with Crippen molar-refractivity contribution >= 4 is 5.97 Å². The number of carbonyl (C=O) groups is 1. The minimum atomic E-state index is -4.37. The van der Waals surface area contributed by atoms with Crippen LogP contribution in [0.3, 0.4) is 0 Å². The van der Waals surface area contributed by atoms with Gasteiger partial charge in [-0.3, -0.25) is 4.79 Å². The first kappa shape index (κ1) is 17.6. The zero-order valence-electron chi connectivity index (χ0n) is 13.3. The van der Waals surface area contributed by atoms with Crippen molar-refractivity contribution in [1.29, 1.82) is 0 Å². The molecule has 1 aromatic heterocycles. The Bertz CT molecular complexity index is 920. The largest absolute Gasteiger partial charge is 0.480 e. The third kappa shape index (κ3) is 4.05. The van der Waals surface area contributed by atoms with Gasteiger partial charge in [0.15, 0.2) is 6.54 Å². The van der Waals surface area contributed by atoms with Crippen LogP contribution in [-0.4, -0.2) is 31.3 Å². The first-order valence-corrected chi connectivity index (χ1v) is 7.57. The monoisotopic (exact) mass is 362 g/mol. The molecule has 0 atom stereocenters. The number of benzene rings is 2. The first-order chi connectivity index (χ1) is 12.3. The van der Waals surface area contributed by atoms with Crippen molar-refractivity contribution < 1.29 is 23.1 Å². The molecular formula is C17H13F3N4O2. The molecule has 1 heterocycles. The SMILES string of the molecule is O=C(O)Cn1nnc(-c2ccccc2Cc2ccc(C(F)(F)F)cc2)n1. The normalized spacial score (nSPS) is 11.5. The summed E-state index contributed by atoms with van der Waals surface area (Å²) in [5.74, 6) is -0.833. The fourth-order valence-electron chi connectivity index (χ4n) is 2.46. The maximum atomic E-state index is 12.7. The number of halogens is 3. The summed E-state index contributed by atoms with van der Waals surface area (Å²) in [5, 5.41) is 20.3. The first-order valence-electron chi connectivity index (χ1n) is 7.57. The number of alkyl halides is 3. The number of carboxylic acid groups (broad SMARTS) is 1. The minimum absolute atomic E-state index is 0.258. The van der Waals surface area contributed by atoms with Crippen molar-refractivity contribution in [3.63, 3.8) is 0 Å². The number of rotatable bonds is 5. The maximum absolute atomic E-state index is 12.7. The topological polar surface area (TPSA) is 80.9 Å². The second-order valence-corrected chi connectivity index (χ2v) is 5.57. The van der Waals surface area contributed by atoms with E-state index in [1.165, 1.54) is 12.1 Å². The molecule has 0 saturated heterocycles. The summed E-state index contributed by atoms with van der Waals surface area (Å²) < 4.78 is 38.0. The average molecular weight is 362 g/mol. The summed E-state index contributed by atoms with van der Waals surface area (Å²) in [4.78, 5) is 11.7. The Labute approximate surface area is 145 Å². The highest BCUT2D eigenvalue weighted by Gasteiger charge is 2.29. The fraction of sp³-hybridized carbons (Fsp3) is 0.176. The van der Waals surface area contributed by atoms with E-state index in [1.54, 1.807) is 18.2 Å². The van der Waals surface area contributed by atoms with E-state index >= 15 is 0 Å². The molecule has 0 fully saturated rings. The van der Waals surface area contributed by atoms with Crippen LogP contribution in [-0.2, 0) is 23.9 Å². The van der Waals surface area contributed by atoms with E-state index in [2.05, 4.69) is 15.4 Å². The van der Waals surface area contributed by atoms with E-state index in [9.17, 15) is 18.0 Å². The smallest absolute Gasteiger partial charge is 0.416 e. The lowest BCUT2D eigenvalue weighted by Gasteiger charge is -2.09. The van der Waals surface area contributed by atoms with E-state index in [0.717, 1.165) is 22.5 Å². The van der Waals surface area contributed by atoms with E-state index in [0.29, 0.717) is 17.5 Å². The molecule has 0 spiro atoms. The van der Waals surface area contributed by atoms with Gasteiger partial charge in [-0.25, -0.2) is 0 Å². The van der Waals surface area contributed by atoms with Crippen molar-refractivity contribution in [2.24, 2.45) is 0 Å². The second kappa shape index (κ2) is 6.95. The third-order valence-corrected chi connectivity index (χ3v) is 3.66. The molecule has 0 bridgehead atoms. The van der Waals surface area contributed by atoms with E-state index in [-0.39, 0.29) is 5.82 Å². The Morgan fingerprint density at radius 2 is 1.77 bits per heavy atom. The van der Waals surface area contributed by atoms with Crippen LogP contribution < -0.4 is 0 Å². The van der Waals surface area contributed by atoms with Gasteiger partial charge in [0.2, 0.25) is 5.82 Å². The minimum Gasteiger partial charge on any atom is -0.480 e. The van der Waals surface area contributed by atoms with Gasteiger partial charge >= 0.3 is 12.1 Å². The highest BCUT2D eigenvalue weighted by molar-refractivity contribution is 5.66. The molecule has 26 heavy (non-hydrogen) atoms. The zero-order valence-corrected chi connectivity index (χ0v) is 13.3. The maximum Gasteiger partial charge on any atom is 0.416 e. The highest BCUT2D eigenvalue weighted by Crippen LogP contribution is 2.30. The molecule has 0 amide bonds. The van der Waals surface area contributed by atoms with E-state index in [1.807, 2.05) is 6.07 Å². The molecule has 0 radical (unpaired) electrons. The molecule has 3 aromatic rings. The highest BCUT2D eigenvalue weighted by atomic mass is 19.4. The molecule has 6 nitrogen and oxygen atoms in total. The van der Waals surface area contributed by atoms with Gasteiger partial charge in [0, 0.05) is 5.56 Å². The Kier molecular flexibility index (Phi) is 4.70. The van der Waals surface area contributed by atoms with Gasteiger partial charge in [-0.05, 0) is 34.9 Å². The second-order valence-electron chi connectivity index (χ2n) is 5.57. The van der Waals surface area contributed by atoms with Crippen LogP contribution in [0.5, 0.6) is 0 Å². The summed E-state index contributed by atoms with van der Waals surface area (Å²) in [5.41, 5.74) is 1.43. The summed E-state index contributed by atoms with van der Waals surface area (Å²) in [7, 11) is 0. The summed E-state index contributed by atoms with van der Waals surface area (Å²) in [6.07, 6.45) is -4.00. The predicted octanol–water partition coefficient (Wildman–Crippen LogP) is 3.03. The molecule has 0 aliphatic carbocycles. The van der Waals surface area contributed by atoms with E-state index < -0.39 is 24.3 Å². The van der Waals surface area contributed by atoms with Crippen LogP contribution in [0.25, 0.3) is 11.4 Å². The number of hydrogen-bond acceptors (Lipinski definition) is 4. The quantitative estimate of drug-likeness (QED) is 0.755. The van der Waals surface area contributed by atoms with Gasteiger partial charge in [-0.2, -0.15) is 18.0 Å². The van der Waals surface area contributed by atoms with Crippen LogP contribution in [0.4, 0.5) is 13.2 Å². The lowest BCUT2D eigenvalue weighted by atomic mass is 9.98.